The summed E-state index contributed by atoms with van der Waals surface area (Å²) < 4.78 is 86.9. The highest BCUT2D eigenvalue weighted by Gasteiger charge is 2.47. The Labute approximate surface area is 193 Å². The Kier molecular flexibility index (Phi) is 6.42. The highest BCUT2D eigenvalue weighted by molar-refractivity contribution is 7.99. The van der Waals surface area contributed by atoms with E-state index in [-0.39, 0.29) is 26.8 Å². The number of nitrogens with two attached hydrogens (primary N) is 2. The molecule has 1 fully saturated rings. The number of anilines is 1. The summed E-state index contributed by atoms with van der Waals surface area (Å²) in [6, 6.07) is 4.45. The van der Waals surface area contributed by atoms with Crippen LogP contribution in [0.25, 0.3) is 11.0 Å². The van der Waals surface area contributed by atoms with Gasteiger partial charge < -0.3 is 15.6 Å². The van der Waals surface area contributed by atoms with Gasteiger partial charge in [-0.2, -0.15) is 26.7 Å². The van der Waals surface area contributed by atoms with Crippen LogP contribution in [0.4, 0.5) is 23.4 Å². The van der Waals surface area contributed by atoms with Crippen LogP contribution in [0.1, 0.15) is 11.8 Å². The van der Waals surface area contributed by atoms with Gasteiger partial charge in [-0.3, -0.25) is 4.18 Å². The fourth-order valence-corrected chi connectivity index (χ4v) is 4.57. The smallest absolute Gasteiger partial charge is 0.387 e. The first-order chi connectivity index (χ1) is 15.8. The quantitative estimate of drug-likeness (QED) is 0.401. The standard InChI is InChI=1S/C17H16F4N6O5S2/c18-11-12(28)9(5-31-34(23,29)30)32-16(11)27-14-10(13(22)24-6-25-14)15(26-27)33-8-3-1-2-7(4-8)17(19,20)21/h1-4,6,9,11-12,16,28H,5H2,(H2,22,24,25)(H2,23,29,30)/t9-,11+,12-,16-/m1/s1. The third-order valence-electron chi connectivity index (χ3n) is 4.79. The molecule has 0 spiro atoms. The molecule has 0 amide bonds. The van der Waals surface area contributed by atoms with Crippen molar-refractivity contribution in [3.63, 3.8) is 0 Å². The van der Waals surface area contributed by atoms with Crippen molar-refractivity contribution in [2.45, 2.75) is 40.7 Å². The van der Waals surface area contributed by atoms with Crippen molar-refractivity contribution in [2.24, 2.45) is 5.14 Å². The summed E-state index contributed by atoms with van der Waals surface area (Å²) in [6.07, 6.45) is -10.4. The Bertz CT molecular complexity index is 1320. The van der Waals surface area contributed by atoms with Crippen molar-refractivity contribution in [1.29, 1.82) is 0 Å². The van der Waals surface area contributed by atoms with Gasteiger partial charge in [-0.15, -0.1) is 0 Å². The molecule has 1 aromatic carbocycles. The highest BCUT2D eigenvalue weighted by Crippen LogP contribution is 2.40. The summed E-state index contributed by atoms with van der Waals surface area (Å²) in [5.41, 5.74) is 5.03. The van der Waals surface area contributed by atoms with Crippen molar-refractivity contribution in [2.75, 3.05) is 12.3 Å². The zero-order valence-corrected chi connectivity index (χ0v) is 18.4. The van der Waals surface area contributed by atoms with Crippen LogP contribution in [0.2, 0.25) is 0 Å². The lowest BCUT2D eigenvalue weighted by Crippen LogP contribution is -2.33. The predicted molar refractivity (Wildman–Crippen MR) is 109 cm³/mol. The SMILES string of the molecule is Nc1ncnc2c1c(Sc1cccc(C(F)(F)F)c1)nn2[C@@H]1O[C@H](COS(N)(=O)=O)[C@@H](O)[C@@H]1F. The molecule has 3 heterocycles. The van der Waals surface area contributed by atoms with E-state index in [4.69, 9.17) is 15.6 Å². The maximum Gasteiger partial charge on any atom is 0.416 e. The molecule has 184 valence electrons. The minimum atomic E-state index is -4.57. The van der Waals surface area contributed by atoms with Crippen LogP contribution in [-0.4, -0.2) is 58.3 Å². The Morgan fingerprint density at radius 1 is 1.29 bits per heavy atom. The molecule has 0 bridgehead atoms. The number of hydrogen-bond acceptors (Lipinski definition) is 10. The van der Waals surface area contributed by atoms with E-state index in [0.29, 0.717) is 0 Å². The van der Waals surface area contributed by atoms with Crippen LogP contribution in [0.5, 0.6) is 0 Å². The molecule has 0 aliphatic carbocycles. The number of benzene rings is 1. The monoisotopic (exact) mass is 524 g/mol. The molecule has 1 aliphatic rings. The molecule has 4 atom stereocenters. The Balaban J connectivity index is 1.70. The van der Waals surface area contributed by atoms with Crippen molar-refractivity contribution < 1.29 is 40.0 Å². The number of aliphatic hydroxyl groups is 1. The van der Waals surface area contributed by atoms with Crippen molar-refractivity contribution in [3.05, 3.63) is 36.2 Å². The minimum absolute atomic E-state index is 0.0187. The largest absolute Gasteiger partial charge is 0.416 e. The average molecular weight is 524 g/mol. The van der Waals surface area contributed by atoms with Crippen LogP contribution in [-0.2, 0) is 25.4 Å². The van der Waals surface area contributed by atoms with E-state index >= 15 is 0 Å². The van der Waals surface area contributed by atoms with E-state index in [2.05, 4.69) is 19.2 Å². The zero-order valence-electron chi connectivity index (χ0n) is 16.8. The van der Waals surface area contributed by atoms with E-state index in [9.17, 15) is 31.1 Å². The minimum Gasteiger partial charge on any atom is -0.387 e. The molecule has 0 radical (unpaired) electrons. The summed E-state index contributed by atoms with van der Waals surface area (Å²) in [7, 11) is -4.38. The van der Waals surface area contributed by atoms with Gasteiger partial charge in [-0.1, -0.05) is 17.8 Å². The van der Waals surface area contributed by atoms with Gasteiger partial charge in [0.05, 0.1) is 17.6 Å². The third-order valence-corrected chi connectivity index (χ3v) is 6.23. The van der Waals surface area contributed by atoms with E-state index in [1.807, 2.05) is 0 Å². The molecule has 17 heteroatoms. The molecule has 0 saturated carbocycles. The Morgan fingerprint density at radius 3 is 2.71 bits per heavy atom. The van der Waals surface area contributed by atoms with Gasteiger partial charge in [-0.25, -0.2) is 24.2 Å². The van der Waals surface area contributed by atoms with Crippen LogP contribution in [0.15, 0.2) is 40.5 Å². The van der Waals surface area contributed by atoms with Crippen molar-refractivity contribution in [3.8, 4) is 0 Å². The molecule has 34 heavy (non-hydrogen) atoms. The van der Waals surface area contributed by atoms with E-state index in [1.54, 1.807) is 0 Å². The number of alkyl halides is 4. The number of fused-ring (bicyclic) bond motifs is 1. The second kappa shape index (κ2) is 8.90. The molecule has 3 aromatic rings. The van der Waals surface area contributed by atoms with E-state index < -0.39 is 53.3 Å². The van der Waals surface area contributed by atoms with Crippen LogP contribution >= 0.6 is 11.8 Å². The summed E-state index contributed by atoms with van der Waals surface area (Å²) in [6.45, 7) is -0.765. The predicted octanol–water partition coefficient (Wildman–Crippen LogP) is 1.40. The molecular weight excluding hydrogens is 508 g/mol. The van der Waals surface area contributed by atoms with E-state index in [1.165, 1.54) is 12.1 Å². The first-order valence-corrected chi connectivity index (χ1v) is 11.6. The third kappa shape index (κ3) is 4.93. The number of aliphatic hydroxyl groups excluding tert-OH is 1. The Morgan fingerprint density at radius 2 is 2.03 bits per heavy atom. The van der Waals surface area contributed by atoms with Gasteiger partial charge in [-0.05, 0) is 18.2 Å². The number of ether oxygens (including phenoxy) is 1. The summed E-state index contributed by atoms with van der Waals surface area (Å²) in [4.78, 5) is 8.02. The van der Waals surface area contributed by atoms with Crippen LogP contribution < -0.4 is 10.9 Å². The van der Waals surface area contributed by atoms with Gasteiger partial charge in [0, 0.05) is 4.90 Å². The van der Waals surface area contributed by atoms with Crippen molar-refractivity contribution in [1.82, 2.24) is 19.7 Å². The molecule has 4 rings (SSSR count). The van der Waals surface area contributed by atoms with Gasteiger partial charge in [0.2, 0.25) is 0 Å². The fraction of sp³-hybridized carbons (Fsp3) is 0.353. The highest BCUT2D eigenvalue weighted by atomic mass is 32.2. The first kappa shape index (κ1) is 24.6. The second-order valence-electron chi connectivity index (χ2n) is 7.11. The summed E-state index contributed by atoms with van der Waals surface area (Å²) >= 11 is 0.805. The van der Waals surface area contributed by atoms with Gasteiger partial charge in [0.15, 0.2) is 18.0 Å². The number of rotatable bonds is 6. The number of hydrogen-bond donors (Lipinski definition) is 3. The molecule has 1 aliphatic heterocycles. The Hall–Kier alpha value is -2.57. The topological polar surface area (TPSA) is 168 Å². The van der Waals surface area contributed by atoms with Gasteiger partial charge in [0.1, 0.15) is 29.4 Å². The normalized spacial score (nSPS) is 23.6. The number of aromatic nitrogens is 4. The first-order valence-electron chi connectivity index (χ1n) is 9.33. The lowest BCUT2D eigenvalue weighted by atomic mass is 10.1. The maximum atomic E-state index is 14.9. The summed E-state index contributed by atoms with van der Waals surface area (Å²) in [5.74, 6) is -0.0752. The zero-order chi connectivity index (χ0) is 24.8. The number of nitrogen functional groups attached to an aromatic ring is 1. The van der Waals surface area contributed by atoms with Crippen LogP contribution in [0, 0.1) is 0 Å². The number of nitrogens with zero attached hydrogens (tertiary/aromatic N) is 4. The number of halogens is 4. The molecule has 0 unspecified atom stereocenters. The fourth-order valence-electron chi connectivity index (χ4n) is 3.26. The average Bonchev–Trinajstić information content (AvgIpc) is 3.24. The molecule has 11 nitrogen and oxygen atoms in total. The lowest BCUT2D eigenvalue weighted by Gasteiger charge is -2.14. The van der Waals surface area contributed by atoms with Gasteiger partial charge >= 0.3 is 16.5 Å². The maximum absolute atomic E-state index is 14.9. The summed E-state index contributed by atoms with van der Waals surface area (Å²) in [5, 5.41) is 19.3. The van der Waals surface area contributed by atoms with Crippen LogP contribution in [0.3, 0.4) is 0 Å². The molecule has 2 aromatic heterocycles. The molecule has 5 N–H and O–H groups in total. The van der Waals surface area contributed by atoms with Gasteiger partial charge in [0.25, 0.3) is 0 Å². The van der Waals surface area contributed by atoms with E-state index in [0.717, 1.165) is 34.9 Å². The molecule has 1 saturated heterocycles. The lowest BCUT2D eigenvalue weighted by molar-refractivity contribution is -0.137. The van der Waals surface area contributed by atoms with Crippen molar-refractivity contribution >= 4 is 38.9 Å². The molecular formula is C17H16F4N6O5S2. The second-order valence-corrected chi connectivity index (χ2v) is 9.40.